The summed E-state index contributed by atoms with van der Waals surface area (Å²) >= 11 is 1.55. The molecule has 1 aromatic carbocycles. The number of fused-ring (bicyclic) bond motifs is 1. The molecule has 2 aromatic rings. The Bertz CT molecular complexity index is 828. The number of nitrogens with one attached hydrogen (secondary N) is 1. The normalized spacial score (nSPS) is 22.0. The Balaban J connectivity index is 1.54. The number of primary amides is 1. The molecule has 0 unspecified atom stereocenters. The van der Waals surface area contributed by atoms with Crippen molar-refractivity contribution in [3.8, 4) is 0 Å². The van der Waals surface area contributed by atoms with Crippen LogP contribution in [0.15, 0.2) is 30.3 Å². The largest absolute Gasteiger partial charge is 0.365 e. The lowest BCUT2D eigenvalue weighted by molar-refractivity contribution is -0.117. The van der Waals surface area contributed by atoms with Crippen LogP contribution in [0, 0.1) is 5.92 Å². The highest BCUT2D eigenvalue weighted by molar-refractivity contribution is 7.17. The summed E-state index contributed by atoms with van der Waals surface area (Å²) in [7, 11) is 0. The van der Waals surface area contributed by atoms with E-state index in [1.807, 2.05) is 18.2 Å². The molecule has 1 aromatic heterocycles. The monoisotopic (exact) mass is 368 g/mol. The van der Waals surface area contributed by atoms with Crippen LogP contribution in [0.5, 0.6) is 0 Å². The molecule has 1 saturated carbocycles. The van der Waals surface area contributed by atoms with Gasteiger partial charge >= 0.3 is 0 Å². The fourth-order valence-corrected chi connectivity index (χ4v) is 5.32. The number of rotatable bonds is 4. The van der Waals surface area contributed by atoms with Gasteiger partial charge in [0.05, 0.1) is 5.56 Å². The van der Waals surface area contributed by atoms with E-state index in [9.17, 15) is 9.59 Å². The molecule has 136 valence electrons. The zero-order valence-corrected chi connectivity index (χ0v) is 15.6. The first-order valence-corrected chi connectivity index (χ1v) is 10.3. The van der Waals surface area contributed by atoms with E-state index in [4.69, 9.17) is 5.73 Å². The number of nitrogens with two attached hydrogens (primary N) is 1. The third kappa shape index (κ3) is 3.40. The van der Waals surface area contributed by atoms with E-state index in [0.717, 1.165) is 37.7 Å². The van der Waals surface area contributed by atoms with Crippen molar-refractivity contribution in [1.29, 1.82) is 0 Å². The van der Waals surface area contributed by atoms with E-state index < -0.39 is 5.91 Å². The number of anilines is 1. The third-order valence-electron chi connectivity index (χ3n) is 5.51. The summed E-state index contributed by atoms with van der Waals surface area (Å²) in [6.45, 7) is 0. The van der Waals surface area contributed by atoms with E-state index >= 15 is 0 Å². The zero-order valence-electron chi connectivity index (χ0n) is 14.8. The lowest BCUT2D eigenvalue weighted by Crippen LogP contribution is -2.19. The average molecular weight is 369 g/mol. The fourth-order valence-electron chi connectivity index (χ4n) is 4.03. The lowest BCUT2D eigenvalue weighted by Gasteiger charge is -2.10. The lowest BCUT2D eigenvalue weighted by atomic mass is 9.96. The molecule has 1 fully saturated rings. The topological polar surface area (TPSA) is 72.2 Å². The average Bonchev–Trinajstić information content (AvgIpc) is 3.35. The van der Waals surface area contributed by atoms with Crippen LogP contribution in [0.25, 0.3) is 0 Å². The number of aryl methyl sites for hydroxylation is 1. The van der Waals surface area contributed by atoms with Crippen molar-refractivity contribution >= 4 is 28.2 Å². The number of carbonyl (C=O) groups is 2. The number of carbonyl (C=O) groups excluding carboxylic acids is 2. The summed E-state index contributed by atoms with van der Waals surface area (Å²) in [5.74, 6) is -0.138. The van der Waals surface area contributed by atoms with Crippen LogP contribution in [0.3, 0.4) is 0 Å². The quantitative estimate of drug-likeness (QED) is 0.847. The summed E-state index contributed by atoms with van der Waals surface area (Å²) in [5, 5.41) is 3.69. The summed E-state index contributed by atoms with van der Waals surface area (Å²) in [5.41, 5.74) is 8.51. The van der Waals surface area contributed by atoms with Gasteiger partial charge in [-0.3, -0.25) is 9.59 Å². The molecule has 2 atom stereocenters. The van der Waals surface area contributed by atoms with Crippen molar-refractivity contribution in [3.63, 3.8) is 0 Å². The van der Waals surface area contributed by atoms with E-state index in [0.29, 0.717) is 10.6 Å². The SMILES string of the molecule is NC(=O)c1c(NC(=O)[C@@H]2C[C@@H]2c2ccccc2)sc2c1CCCCCC2. The first-order chi connectivity index (χ1) is 12.6. The molecule has 0 aliphatic heterocycles. The Morgan fingerprint density at radius 1 is 1.04 bits per heavy atom. The number of amides is 2. The van der Waals surface area contributed by atoms with Gasteiger partial charge in [0, 0.05) is 10.8 Å². The van der Waals surface area contributed by atoms with Gasteiger partial charge in [0.1, 0.15) is 5.00 Å². The van der Waals surface area contributed by atoms with Crippen molar-refractivity contribution in [2.45, 2.75) is 50.9 Å². The Morgan fingerprint density at radius 2 is 1.77 bits per heavy atom. The third-order valence-corrected chi connectivity index (χ3v) is 6.72. The maximum absolute atomic E-state index is 12.7. The highest BCUT2D eigenvalue weighted by Crippen LogP contribution is 2.48. The highest BCUT2D eigenvalue weighted by atomic mass is 32.1. The number of benzene rings is 1. The number of thiophene rings is 1. The Labute approximate surface area is 157 Å². The summed E-state index contributed by atoms with van der Waals surface area (Å²) < 4.78 is 0. The summed E-state index contributed by atoms with van der Waals surface area (Å²) in [6, 6.07) is 10.1. The molecule has 2 aliphatic carbocycles. The Morgan fingerprint density at radius 3 is 2.50 bits per heavy atom. The van der Waals surface area contributed by atoms with Gasteiger partial charge in [-0.1, -0.05) is 43.2 Å². The van der Waals surface area contributed by atoms with Crippen LogP contribution in [-0.4, -0.2) is 11.8 Å². The number of hydrogen-bond acceptors (Lipinski definition) is 3. The molecule has 4 rings (SSSR count). The molecule has 0 radical (unpaired) electrons. The zero-order chi connectivity index (χ0) is 18.1. The molecule has 0 saturated heterocycles. The second kappa shape index (κ2) is 7.23. The minimum Gasteiger partial charge on any atom is -0.365 e. The second-order valence-electron chi connectivity index (χ2n) is 7.34. The van der Waals surface area contributed by atoms with Crippen LogP contribution in [0.1, 0.15) is 64.4 Å². The molecular weight excluding hydrogens is 344 g/mol. The molecule has 3 N–H and O–H groups in total. The van der Waals surface area contributed by atoms with Crippen molar-refractivity contribution in [2.75, 3.05) is 5.32 Å². The standard InChI is InChI=1S/C21H24N2O2S/c22-19(24)18-14-10-6-1-2-7-11-17(14)26-21(18)23-20(25)16-12-15(16)13-8-4-3-5-9-13/h3-5,8-9,15-16H,1-2,6-7,10-12H2,(H2,22,24)(H,23,25)/t15-,16-/m1/s1. The molecule has 1 heterocycles. The smallest absolute Gasteiger partial charge is 0.251 e. The van der Waals surface area contributed by atoms with E-state index in [-0.39, 0.29) is 17.7 Å². The molecule has 0 spiro atoms. The fraction of sp³-hybridized carbons (Fsp3) is 0.429. The van der Waals surface area contributed by atoms with E-state index in [1.165, 1.54) is 23.3 Å². The van der Waals surface area contributed by atoms with Gasteiger partial charge < -0.3 is 11.1 Å². The molecule has 26 heavy (non-hydrogen) atoms. The van der Waals surface area contributed by atoms with Gasteiger partial charge in [-0.25, -0.2) is 0 Å². The number of hydrogen-bond donors (Lipinski definition) is 2. The van der Waals surface area contributed by atoms with Gasteiger partial charge in [0.2, 0.25) is 5.91 Å². The maximum atomic E-state index is 12.7. The molecule has 4 nitrogen and oxygen atoms in total. The summed E-state index contributed by atoms with van der Waals surface area (Å²) in [6.07, 6.45) is 7.37. The summed E-state index contributed by atoms with van der Waals surface area (Å²) in [4.78, 5) is 26.0. The maximum Gasteiger partial charge on any atom is 0.251 e. The molecule has 2 amide bonds. The first-order valence-electron chi connectivity index (χ1n) is 9.45. The molecule has 2 aliphatic rings. The van der Waals surface area contributed by atoms with Gasteiger partial charge in [0.15, 0.2) is 0 Å². The molecule has 0 bridgehead atoms. The highest BCUT2D eigenvalue weighted by Gasteiger charge is 2.44. The van der Waals surface area contributed by atoms with E-state index in [2.05, 4.69) is 17.4 Å². The second-order valence-corrected chi connectivity index (χ2v) is 8.44. The van der Waals surface area contributed by atoms with Crippen molar-refractivity contribution in [1.82, 2.24) is 0 Å². The minimum absolute atomic E-state index is 0.00979. The van der Waals surface area contributed by atoms with Gasteiger partial charge in [-0.2, -0.15) is 0 Å². The van der Waals surface area contributed by atoms with Crippen LogP contribution < -0.4 is 11.1 Å². The molecular formula is C21H24N2O2S. The van der Waals surface area contributed by atoms with Gasteiger partial charge in [-0.05, 0) is 49.1 Å². The Hall–Kier alpha value is -2.14. The first kappa shape index (κ1) is 17.3. The van der Waals surface area contributed by atoms with Crippen LogP contribution >= 0.6 is 11.3 Å². The molecule has 5 heteroatoms. The predicted octanol–water partition coefficient (Wildman–Crippen LogP) is 4.25. The minimum atomic E-state index is -0.422. The van der Waals surface area contributed by atoms with Gasteiger partial charge in [0.25, 0.3) is 5.91 Å². The van der Waals surface area contributed by atoms with Crippen LogP contribution in [-0.2, 0) is 17.6 Å². The van der Waals surface area contributed by atoms with Gasteiger partial charge in [-0.15, -0.1) is 11.3 Å². The predicted molar refractivity (Wildman–Crippen MR) is 105 cm³/mol. The van der Waals surface area contributed by atoms with Crippen molar-refractivity contribution in [2.24, 2.45) is 11.7 Å². The van der Waals surface area contributed by atoms with Crippen LogP contribution in [0.2, 0.25) is 0 Å². The van der Waals surface area contributed by atoms with Crippen LogP contribution in [0.4, 0.5) is 5.00 Å². The van der Waals surface area contributed by atoms with Crippen molar-refractivity contribution < 1.29 is 9.59 Å². The Kier molecular flexibility index (Phi) is 4.81. The van der Waals surface area contributed by atoms with Crippen molar-refractivity contribution in [3.05, 3.63) is 51.9 Å². The van der Waals surface area contributed by atoms with E-state index in [1.54, 1.807) is 11.3 Å².